The highest BCUT2D eigenvalue weighted by Crippen LogP contribution is 2.19. The van der Waals surface area contributed by atoms with E-state index in [1.165, 1.54) is 12.1 Å². The third kappa shape index (κ3) is 2.97. The van der Waals surface area contributed by atoms with Gasteiger partial charge in [0.05, 0.1) is 5.60 Å². The molecule has 84 valence electrons. The summed E-state index contributed by atoms with van der Waals surface area (Å²) >= 11 is 0. The minimum atomic E-state index is -1.11. The summed E-state index contributed by atoms with van der Waals surface area (Å²) < 4.78 is 25.9. The van der Waals surface area contributed by atoms with Crippen LogP contribution in [0.1, 0.15) is 18.9 Å². The fourth-order valence-electron chi connectivity index (χ4n) is 1.36. The fraction of sp³-hybridized carbons (Fsp3) is 0.455. The Morgan fingerprint density at radius 1 is 1.40 bits per heavy atom. The van der Waals surface area contributed by atoms with Gasteiger partial charge in [0.2, 0.25) is 0 Å². The first-order valence-electron chi connectivity index (χ1n) is 4.87. The van der Waals surface area contributed by atoms with Crippen molar-refractivity contribution in [2.24, 2.45) is 5.73 Å². The molecule has 4 heteroatoms. The Balaban J connectivity index is 2.89. The lowest BCUT2D eigenvalue weighted by Crippen LogP contribution is -2.39. The number of hydrogen-bond acceptors (Lipinski definition) is 2. The molecule has 0 spiro atoms. The molecule has 0 aliphatic heterocycles. The minimum absolute atomic E-state index is 0.0559. The van der Waals surface area contributed by atoms with Crippen molar-refractivity contribution in [3.63, 3.8) is 0 Å². The van der Waals surface area contributed by atoms with Crippen LogP contribution in [0.15, 0.2) is 18.2 Å². The third-order valence-corrected chi connectivity index (χ3v) is 2.57. The van der Waals surface area contributed by atoms with Gasteiger partial charge in [-0.2, -0.15) is 0 Å². The van der Waals surface area contributed by atoms with E-state index in [1.807, 2.05) is 0 Å². The maximum absolute atomic E-state index is 13.3. The summed E-state index contributed by atoms with van der Waals surface area (Å²) in [7, 11) is 0. The van der Waals surface area contributed by atoms with Gasteiger partial charge in [-0.15, -0.1) is 0 Å². The van der Waals surface area contributed by atoms with Crippen LogP contribution in [0, 0.1) is 11.6 Å². The molecule has 2 nitrogen and oxygen atoms in total. The van der Waals surface area contributed by atoms with E-state index in [-0.39, 0.29) is 18.5 Å². The van der Waals surface area contributed by atoms with Gasteiger partial charge < -0.3 is 10.8 Å². The standard InChI is InChI=1S/C11H15F2NO/c1-2-11(15,7-14)6-8-3-4-9(12)5-10(8)13/h3-5,15H,2,6-7,14H2,1H3. The van der Waals surface area contributed by atoms with Crippen molar-refractivity contribution < 1.29 is 13.9 Å². The summed E-state index contributed by atoms with van der Waals surface area (Å²) in [5.41, 5.74) is 4.57. The van der Waals surface area contributed by atoms with Crippen LogP contribution in [0.4, 0.5) is 8.78 Å². The van der Waals surface area contributed by atoms with E-state index >= 15 is 0 Å². The molecule has 0 aliphatic rings. The number of hydrogen-bond donors (Lipinski definition) is 2. The second-order valence-corrected chi connectivity index (χ2v) is 3.69. The normalized spacial score (nSPS) is 15.0. The van der Waals surface area contributed by atoms with Crippen molar-refractivity contribution in [1.29, 1.82) is 0 Å². The van der Waals surface area contributed by atoms with Crippen molar-refractivity contribution in [3.8, 4) is 0 Å². The zero-order valence-corrected chi connectivity index (χ0v) is 8.63. The lowest BCUT2D eigenvalue weighted by atomic mass is 9.92. The molecule has 1 rings (SSSR count). The quantitative estimate of drug-likeness (QED) is 0.801. The van der Waals surface area contributed by atoms with Gasteiger partial charge in [-0.05, 0) is 18.1 Å². The first-order chi connectivity index (χ1) is 7.00. The molecule has 0 saturated carbocycles. The van der Waals surface area contributed by atoms with Gasteiger partial charge >= 0.3 is 0 Å². The molecule has 3 N–H and O–H groups in total. The molecular weight excluding hydrogens is 200 g/mol. The van der Waals surface area contributed by atoms with Gasteiger partial charge in [0.25, 0.3) is 0 Å². The number of nitrogens with two attached hydrogens (primary N) is 1. The van der Waals surface area contributed by atoms with E-state index in [0.29, 0.717) is 6.42 Å². The van der Waals surface area contributed by atoms with Crippen LogP contribution >= 0.6 is 0 Å². The first kappa shape index (κ1) is 12.1. The molecule has 0 aromatic heterocycles. The van der Waals surface area contributed by atoms with Crippen LogP contribution < -0.4 is 5.73 Å². The highest BCUT2D eigenvalue weighted by Gasteiger charge is 2.24. The first-order valence-corrected chi connectivity index (χ1v) is 4.87. The lowest BCUT2D eigenvalue weighted by Gasteiger charge is -2.25. The Kier molecular flexibility index (Phi) is 3.77. The Hall–Kier alpha value is -1.00. The maximum Gasteiger partial charge on any atom is 0.129 e. The van der Waals surface area contributed by atoms with Crippen molar-refractivity contribution in [2.75, 3.05) is 6.54 Å². The Labute approximate surface area is 87.7 Å². The number of halogens is 2. The van der Waals surface area contributed by atoms with Gasteiger partial charge in [-0.1, -0.05) is 13.0 Å². The molecule has 0 amide bonds. The molecule has 15 heavy (non-hydrogen) atoms. The minimum Gasteiger partial charge on any atom is -0.388 e. The van der Waals surface area contributed by atoms with Gasteiger partial charge in [0, 0.05) is 19.0 Å². The zero-order valence-electron chi connectivity index (χ0n) is 8.63. The summed E-state index contributed by atoms with van der Waals surface area (Å²) in [4.78, 5) is 0. The molecule has 0 fully saturated rings. The van der Waals surface area contributed by atoms with Crippen LogP contribution in [-0.2, 0) is 6.42 Å². The summed E-state index contributed by atoms with van der Waals surface area (Å²) in [5, 5.41) is 9.89. The topological polar surface area (TPSA) is 46.2 Å². The molecule has 1 atom stereocenters. The molecule has 0 aliphatic carbocycles. The second-order valence-electron chi connectivity index (χ2n) is 3.69. The SMILES string of the molecule is CCC(O)(CN)Cc1ccc(F)cc1F. The van der Waals surface area contributed by atoms with Crippen molar-refractivity contribution in [1.82, 2.24) is 0 Å². The van der Waals surface area contributed by atoms with E-state index in [2.05, 4.69) is 0 Å². The van der Waals surface area contributed by atoms with Crippen LogP contribution in [0.25, 0.3) is 0 Å². The average molecular weight is 215 g/mol. The highest BCUT2D eigenvalue weighted by molar-refractivity contribution is 5.20. The third-order valence-electron chi connectivity index (χ3n) is 2.57. The van der Waals surface area contributed by atoms with Gasteiger partial charge in [0.1, 0.15) is 11.6 Å². The Bertz CT molecular complexity index is 337. The average Bonchev–Trinajstić information content (AvgIpc) is 2.22. The highest BCUT2D eigenvalue weighted by atomic mass is 19.1. The molecule has 0 saturated heterocycles. The maximum atomic E-state index is 13.3. The van der Waals surface area contributed by atoms with Gasteiger partial charge in [-0.25, -0.2) is 8.78 Å². The summed E-state index contributed by atoms with van der Waals surface area (Å²) in [6.07, 6.45) is 0.534. The lowest BCUT2D eigenvalue weighted by molar-refractivity contribution is 0.0447. The molecule has 1 aromatic carbocycles. The van der Waals surface area contributed by atoms with Crippen LogP contribution in [-0.4, -0.2) is 17.3 Å². The largest absolute Gasteiger partial charge is 0.388 e. The second kappa shape index (κ2) is 4.68. The molecule has 1 aromatic rings. The Morgan fingerprint density at radius 3 is 2.53 bits per heavy atom. The van der Waals surface area contributed by atoms with Crippen LogP contribution in [0.5, 0.6) is 0 Å². The van der Waals surface area contributed by atoms with Crippen molar-refractivity contribution in [2.45, 2.75) is 25.4 Å². The van der Waals surface area contributed by atoms with E-state index < -0.39 is 17.2 Å². The number of rotatable bonds is 4. The molecular formula is C11H15F2NO. The van der Waals surface area contributed by atoms with Crippen molar-refractivity contribution in [3.05, 3.63) is 35.4 Å². The molecule has 1 unspecified atom stereocenters. The molecule has 0 radical (unpaired) electrons. The monoisotopic (exact) mass is 215 g/mol. The summed E-state index contributed by atoms with van der Waals surface area (Å²) in [6.45, 7) is 1.83. The Morgan fingerprint density at radius 2 is 2.07 bits per heavy atom. The van der Waals surface area contributed by atoms with Crippen LogP contribution in [0.3, 0.4) is 0 Å². The molecule has 0 bridgehead atoms. The number of benzene rings is 1. The smallest absolute Gasteiger partial charge is 0.129 e. The van der Waals surface area contributed by atoms with Gasteiger partial charge in [-0.3, -0.25) is 0 Å². The zero-order chi connectivity index (χ0) is 11.5. The van der Waals surface area contributed by atoms with E-state index in [9.17, 15) is 13.9 Å². The summed E-state index contributed by atoms with van der Waals surface area (Å²) in [6, 6.07) is 3.31. The number of aliphatic hydroxyl groups is 1. The van der Waals surface area contributed by atoms with Crippen molar-refractivity contribution >= 4 is 0 Å². The van der Waals surface area contributed by atoms with Gasteiger partial charge in [0.15, 0.2) is 0 Å². The van der Waals surface area contributed by atoms with Crippen LogP contribution in [0.2, 0.25) is 0 Å². The summed E-state index contributed by atoms with van der Waals surface area (Å²) in [5.74, 6) is -1.26. The fourth-order valence-corrected chi connectivity index (χ4v) is 1.36. The van der Waals surface area contributed by atoms with E-state index in [4.69, 9.17) is 5.73 Å². The molecule has 0 heterocycles. The predicted octanol–water partition coefficient (Wildman–Crippen LogP) is 1.61. The predicted molar refractivity (Wildman–Crippen MR) is 54.4 cm³/mol. The van der Waals surface area contributed by atoms with E-state index in [0.717, 1.165) is 6.07 Å². The van der Waals surface area contributed by atoms with E-state index in [1.54, 1.807) is 6.92 Å².